The van der Waals surface area contributed by atoms with E-state index in [9.17, 15) is 8.78 Å². The fourth-order valence-electron chi connectivity index (χ4n) is 1.95. The molecule has 2 rings (SSSR count). The Hall–Kier alpha value is -1.93. The molecule has 24 heavy (non-hydrogen) atoms. The Balaban J connectivity index is 1.96. The second-order valence-electron chi connectivity index (χ2n) is 4.76. The van der Waals surface area contributed by atoms with Crippen molar-refractivity contribution in [2.45, 2.75) is 26.6 Å². The zero-order valence-corrected chi connectivity index (χ0v) is 14.7. The summed E-state index contributed by atoms with van der Waals surface area (Å²) in [5.74, 6) is 0.611. The molecule has 0 fully saturated rings. The number of aryl methyl sites for hydroxylation is 1. The lowest BCUT2D eigenvalue weighted by molar-refractivity contribution is -0.0504. The molecule has 0 aliphatic rings. The number of hydrogen-bond donors (Lipinski definition) is 2. The number of benzene rings is 1. The van der Waals surface area contributed by atoms with Crippen molar-refractivity contribution in [2.24, 2.45) is 4.99 Å². The summed E-state index contributed by atoms with van der Waals surface area (Å²) in [6.45, 7) is -0.146. The van der Waals surface area contributed by atoms with Gasteiger partial charge in [-0.25, -0.2) is 4.98 Å². The van der Waals surface area contributed by atoms with Crippen LogP contribution in [0, 0.1) is 6.92 Å². The molecule has 0 atom stereocenters. The molecule has 0 saturated carbocycles. The Morgan fingerprint density at radius 2 is 2.12 bits per heavy atom. The van der Waals surface area contributed by atoms with E-state index < -0.39 is 6.61 Å². The second kappa shape index (κ2) is 8.79. The number of nitrogens with zero attached hydrogens (tertiary/aromatic N) is 2. The SMILES string of the molecule is CN=C(NCc1cnc(C)s1)NCc1cc(Cl)ccc1OC(F)F. The summed E-state index contributed by atoms with van der Waals surface area (Å²) in [5.41, 5.74) is 0.513. The molecule has 9 heteroatoms. The minimum atomic E-state index is -2.89. The number of nitrogens with one attached hydrogen (secondary N) is 2. The monoisotopic (exact) mass is 374 g/mol. The largest absolute Gasteiger partial charge is 0.434 e. The molecule has 0 bridgehead atoms. The average molecular weight is 375 g/mol. The Kier molecular flexibility index (Phi) is 6.74. The van der Waals surface area contributed by atoms with Crippen LogP contribution in [-0.4, -0.2) is 24.6 Å². The highest BCUT2D eigenvalue weighted by molar-refractivity contribution is 7.11. The quantitative estimate of drug-likeness (QED) is 0.599. The normalized spacial score (nSPS) is 11.7. The number of rotatable bonds is 6. The van der Waals surface area contributed by atoms with Gasteiger partial charge in [0.05, 0.1) is 11.6 Å². The fraction of sp³-hybridized carbons (Fsp3) is 0.333. The number of aliphatic imine (C=N–C) groups is 1. The van der Waals surface area contributed by atoms with Crippen LogP contribution < -0.4 is 15.4 Å². The molecule has 1 heterocycles. The lowest BCUT2D eigenvalue weighted by Gasteiger charge is -2.14. The number of guanidine groups is 1. The molecule has 0 radical (unpaired) electrons. The van der Waals surface area contributed by atoms with E-state index in [0.717, 1.165) is 9.88 Å². The predicted octanol–water partition coefficient (Wildman–Crippen LogP) is 3.57. The van der Waals surface area contributed by atoms with E-state index in [-0.39, 0.29) is 12.3 Å². The van der Waals surface area contributed by atoms with Crippen LogP contribution in [0.15, 0.2) is 29.4 Å². The van der Waals surface area contributed by atoms with Crippen LogP contribution in [-0.2, 0) is 13.1 Å². The van der Waals surface area contributed by atoms with Crippen LogP contribution >= 0.6 is 22.9 Å². The zero-order valence-electron chi connectivity index (χ0n) is 13.1. The summed E-state index contributed by atoms with van der Waals surface area (Å²) in [6.07, 6.45) is 1.80. The van der Waals surface area contributed by atoms with Crippen molar-refractivity contribution < 1.29 is 13.5 Å². The number of hydrogen-bond acceptors (Lipinski definition) is 4. The Bertz CT molecular complexity index is 709. The van der Waals surface area contributed by atoms with Gasteiger partial charge in [-0.1, -0.05) is 11.6 Å². The van der Waals surface area contributed by atoms with E-state index in [0.29, 0.717) is 23.1 Å². The van der Waals surface area contributed by atoms with Crippen molar-refractivity contribution in [2.75, 3.05) is 7.05 Å². The highest BCUT2D eigenvalue weighted by Crippen LogP contribution is 2.24. The summed E-state index contributed by atoms with van der Waals surface area (Å²) in [5, 5.41) is 7.60. The van der Waals surface area contributed by atoms with Gasteiger partial charge in [0.15, 0.2) is 5.96 Å². The summed E-state index contributed by atoms with van der Waals surface area (Å²) < 4.78 is 29.4. The average Bonchev–Trinajstić information content (AvgIpc) is 2.95. The molecule has 0 saturated heterocycles. The standard InChI is InChI=1S/C15H17ClF2N4OS/c1-9-20-7-12(24-9)8-22-15(19-2)21-6-10-5-11(16)3-4-13(10)23-14(17)18/h3-5,7,14H,6,8H2,1-2H3,(H2,19,21,22). The van der Waals surface area contributed by atoms with E-state index >= 15 is 0 Å². The summed E-state index contributed by atoms with van der Waals surface area (Å²) in [7, 11) is 1.63. The van der Waals surface area contributed by atoms with Gasteiger partial charge in [-0.3, -0.25) is 4.99 Å². The second-order valence-corrected chi connectivity index (χ2v) is 6.51. The van der Waals surface area contributed by atoms with Gasteiger partial charge < -0.3 is 15.4 Å². The molecule has 0 aliphatic carbocycles. The van der Waals surface area contributed by atoms with Gasteiger partial charge in [-0.15, -0.1) is 11.3 Å². The molecule has 1 aromatic heterocycles. The molecular weight excluding hydrogens is 358 g/mol. The smallest absolute Gasteiger partial charge is 0.387 e. The minimum absolute atomic E-state index is 0.0791. The van der Waals surface area contributed by atoms with E-state index in [1.807, 2.05) is 6.92 Å². The lowest BCUT2D eigenvalue weighted by atomic mass is 10.2. The maximum Gasteiger partial charge on any atom is 0.387 e. The molecule has 0 aliphatic heterocycles. The molecule has 5 nitrogen and oxygen atoms in total. The number of aromatic nitrogens is 1. The predicted molar refractivity (Wildman–Crippen MR) is 92.0 cm³/mol. The topological polar surface area (TPSA) is 58.5 Å². The van der Waals surface area contributed by atoms with E-state index in [1.165, 1.54) is 12.1 Å². The molecule has 2 aromatic rings. The molecule has 1 aromatic carbocycles. The van der Waals surface area contributed by atoms with Crippen LogP contribution in [0.3, 0.4) is 0 Å². The number of alkyl halides is 2. The van der Waals surface area contributed by atoms with Gasteiger partial charge in [0.1, 0.15) is 5.75 Å². The lowest BCUT2D eigenvalue weighted by Crippen LogP contribution is -2.36. The summed E-state index contributed by atoms with van der Waals surface area (Å²) >= 11 is 7.51. The molecule has 130 valence electrons. The third-order valence-corrected chi connectivity index (χ3v) is 4.16. The Labute approximate surface area is 147 Å². The minimum Gasteiger partial charge on any atom is -0.434 e. The third-order valence-electron chi connectivity index (χ3n) is 3.01. The summed E-state index contributed by atoms with van der Waals surface area (Å²) in [6, 6.07) is 4.50. The van der Waals surface area contributed by atoms with Crippen molar-refractivity contribution in [1.82, 2.24) is 15.6 Å². The van der Waals surface area contributed by atoms with Crippen LogP contribution in [0.1, 0.15) is 15.4 Å². The first-order valence-electron chi connectivity index (χ1n) is 7.07. The van der Waals surface area contributed by atoms with Gasteiger partial charge in [0.2, 0.25) is 0 Å². The van der Waals surface area contributed by atoms with Crippen molar-refractivity contribution in [1.29, 1.82) is 0 Å². The van der Waals surface area contributed by atoms with Crippen LogP contribution in [0.5, 0.6) is 5.75 Å². The Morgan fingerprint density at radius 3 is 2.75 bits per heavy atom. The number of halogens is 3. The maximum atomic E-state index is 12.5. The zero-order chi connectivity index (χ0) is 17.5. The van der Waals surface area contributed by atoms with Gasteiger partial charge in [-0.05, 0) is 25.1 Å². The number of thiazole rings is 1. The molecule has 0 spiro atoms. The third kappa shape index (κ3) is 5.61. The maximum absolute atomic E-state index is 12.5. The van der Waals surface area contributed by atoms with Crippen molar-refractivity contribution in [3.63, 3.8) is 0 Å². The van der Waals surface area contributed by atoms with E-state index in [4.69, 9.17) is 11.6 Å². The van der Waals surface area contributed by atoms with Crippen molar-refractivity contribution in [3.8, 4) is 5.75 Å². The highest BCUT2D eigenvalue weighted by atomic mass is 35.5. The Morgan fingerprint density at radius 1 is 1.38 bits per heavy atom. The molecule has 0 amide bonds. The molecule has 2 N–H and O–H groups in total. The van der Waals surface area contributed by atoms with Crippen molar-refractivity contribution >= 4 is 28.9 Å². The van der Waals surface area contributed by atoms with Crippen LogP contribution in [0.25, 0.3) is 0 Å². The first kappa shape index (κ1) is 18.4. The number of ether oxygens (including phenoxy) is 1. The van der Waals surface area contributed by atoms with Crippen molar-refractivity contribution in [3.05, 3.63) is 44.9 Å². The molecule has 0 unspecified atom stereocenters. The highest BCUT2D eigenvalue weighted by Gasteiger charge is 2.11. The first-order valence-corrected chi connectivity index (χ1v) is 8.26. The van der Waals surface area contributed by atoms with Crippen LogP contribution in [0.4, 0.5) is 8.78 Å². The van der Waals surface area contributed by atoms with Gasteiger partial charge in [0.25, 0.3) is 0 Å². The van der Waals surface area contributed by atoms with E-state index in [2.05, 4.69) is 25.3 Å². The first-order chi connectivity index (χ1) is 11.5. The van der Waals surface area contributed by atoms with E-state index in [1.54, 1.807) is 30.6 Å². The van der Waals surface area contributed by atoms with Gasteiger partial charge in [0, 0.05) is 35.3 Å². The van der Waals surface area contributed by atoms with Crippen LogP contribution in [0.2, 0.25) is 5.02 Å². The molecular formula is C15H17ClF2N4OS. The summed E-state index contributed by atoms with van der Waals surface area (Å²) in [4.78, 5) is 9.34. The van der Waals surface area contributed by atoms with Gasteiger partial charge in [-0.2, -0.15) is 8.78 Å². The van der Waals surface area contributed by atoms with Gasteiger partial charge >= 0.3 is 6.61 Å². The fourth-order valence-corrected chi connectivity index (χ4v) is 2.88.